The molecule has 0 atom stereocenters. The number of nitrogens with one attached hydrogen (secondary N) is 1. The van der Waals surface area contributed by atoms with Crippen molar-refractivity contribution in [3.8, 4) is 0 Å². The lowest BCUT2D eigenvalue weighted by Gasteiger charge is -2.32. The molecule has 1 aliphatic heterocycles. The summed E-state index contributed by atoms with van der Waals surface area (Å²) in [6.45, 7) is 5.03. The van der Waals surface area contributed by atoms with Crippen LogP contribution in [0.4, 0.5) is 10.1 Å². The molecule has 1 saturated heterocycles. The van der Waals surface area contributed by atoms with Crippen molar-refractivity contribution >= 4 is 11.7 Å². The van der Waals surface area contributed by atoms with Crippen LogP contribution in [0.25, 0.3) is 0 Å². The molecule has 0 saturated carbocycles. The van der Waals surface area contributed by atoms with Crippen molar-refractivity contribution in [3.05, 3.63) is 29.6 Å². The molecule has 5 heteroatoms. The summed E-state index contributed by atoms with van der Waals surface area (Å²) in [7, 11) is 1.42. The van der Waals surface area contributed by atoms with E-state index in [0.717, 1.165) is 18.7 Å². The number of carbonyl (C=O) groups excluding carboxylic acids is 1. The van der Waals surface area contributed by atoms with E-state index >= 15 is 0 Å². The highest BCUT2D eigenvalue weighted by Crippen LogP contribution is 2.27. The van der Waals surface area contributed by atoms with Gasteiger partial charge in [0.2, 0.25) is 0 Å². The third kappa shape index (κ3) is 3.94. The van der Waals surface area contributed by atoms with E-state index in [-0.39, 0.29) is 17.7 Å². The molecule has 1 aromatic carbocycles. The van der Waals surface area contributed by atoms with Gasteiger partial charge in [-0.25, -0.2) is 4.39 Å². The summed E-state index contributed by atoms with van der Waals surface area (Å²) in [5.41, 5.74) is 1.71. The van der Waals surface area contributed by atoms with Crippen molar-refractivity contribution in [1.29, 1.82) is 0 Å². The number of esters is 1. The van der Waals surface area contributed by atoms with E-state index in [0.29, 0.717) is 31.6 Å². The lowest BCUT2D eigenvalue weighted by molar-refractivity contribution is -0.146. The first-order chi connectivity index (χ1) is 10.2. The first-order valence-corrected chi connectivity index (χ1v) is 7.47. The summed E-state index contributed by atoms with van der Waals surface area (Å²) in [4.78, 5) is 13.5. The van der Waals surface area contributed by atoms with E-state index in [9.17, 15) is 9.18 Å². The number of ether oxygens (including phenoxy) is 1. The Bertz CT molecular complexity index is 485. The van der Waals surface area contributed by atoms with Gasteiger partial charge in [0.1, 0.15) is 5.82 Å². The Labute approximate surface area is 125 Å². The number of rotatable bonds is 5. The summed E-state index contributed by atoms with van der Waals surface area (Å²) in [5, 5.41) is 3.24. The van der Waals surface area contributed by atoms with E-state index in [2.05, 4.69) is 5.32 Å². The molecular weight excluding hydrogens is 271 g/mol. The highest BCUT2D eigenvalue weighted by Gasteiger charge is 2.26. The van der Waals surface area contributed by atoms with Gasteiger partial charge in [0.25, 0.3) is 0 Å². The molecule has 1 aliphatic rings. The van der Waals surface area contributed by atoms with Crippen LogP contribution >= 0.6 is 0 Å². The first-order valence-electron chi connectivity index (χ1n) is 7.47. The average Bonchev–Trinajstić information content (AvgIpc) is 2.53. The predicted molar refractivity (Wildman–Crippen MR) is 80.7 cm³/mol. The fourth-order valence-corrected chi connectivity index (χ4v) is 2.70. The summed E-state index contributed by atoms with van der Waals surface area (Å²) in [5.74, 6) is -0.415. The molecule has 0 aliphatic carbocycles. The molecular formula is C16H23FN2O2. The molecule has 0 bridgehead atoms. The monoisotopic (exact) mass is 294 g/mol. The third-order valence-corrected chi connectivity index (χ3v) is 3.96. The number of piperidine rings is 1. The normalized spacial score (nSPS) is 16.0. The minimum atomic E-state index is -0.202. The van der Waals surface area contributed by atoms with Crippen LogP contribution in [0.2, 0.25) is 0 Å². The fourth-order valence-electron chi connectivity index (χ4n) is 2.70. The molecule has 0 radical (unpaired) electrons. The second-order valence-electron chi connectivity index (χ2n) is 5.35. The van der Waals surface area contributed by atoms with Crippen LogP contribution in [0, 0.1) is 11.7 Å². The molecule has 2 rings (SSSR count). The highest BCUT2D eigenvalue weighted by atomic mass is 19.1. The number of benzene rings is 1. The highest BCUT2D eigenvalue weighted by molar-refractivity contribution is 5.72. The molecule has 0 amide bonds. The van der Waals surface area contributed by atoms with Crippen LogP contribution in [0.5, 0.6) is 0 Å². The minimum Gasteiger partial charge on any atom is -0.469 e. The molecule has 1 aromatic rings. The second kappa shape index (κ2) is 7.41. The second-order valence-corrected chi connectivity index (χ2v) is 5.35. The van der Waals surface area contributed by atoms with Crippen LogP contribution in [0.3, 0.4) is 0 Å². The number of hydrogen-bond acceptors (Lipinski definition) is 4. The number of anilines is 1. The molecule has 0 unspecified atom stereocenters. The maximum absolute atomic E-state index is 14.0. The van der Waals surface area contributed by atoms with Gasteiger partial charge >= 0.3 is 5.97 Å². The van der Waals surface area contributed by atoms with Gasteiger partial charge in [0.15, 0.2) is 0 Å². The van der Waals surface area contributed by atoms with Gasteiger partial charge < -0.3 is 15.0 Å². The summed E-state index contributed by atoms with van der Waals surface area (Å²) in [6, 6.07) is 5.23. The Kier molecular flexibility index (Phi) is 5.56. The Morgan fingerprint density at radius 2 is 2.14 bits per heavy atom. The van der Waals surface area contributed by atoms with Gasteiger partial charge in [-0.05, 0) is 37.1 Å². The predicted octanol–water partition coefficient (Wildman–Crippen LogP) is 2.32. The smallest absolute Gasteiger partial charge is 0.308 e. The van der Waals surface area contributed by atoms with Crippen LogP contribution in [-0.4, -0.2) is 32.7 Å². The Hall–Kier alpha value is -1.62. The van der Waals surface area contributed by atoms with E-state index in [4.69, 9.17) is 4.74 Å². The van der Waals surface area contributed by atoms with Crippen molar-refractivity contribution in [2.75, 3.05) is 31.6 Å². The summed E-state index contributed by atoms with van der Waals surface area (Å²) < 4.78 is 18.8. The van der Waals surface area contributed by atoms with E-state index in [1.54, 1.807) is 0 Å². The number of methoxy groups -OCH3 is 1. The maximum Gasteiger partial charge on any atom is 0.308 e. The molecule has 1 fully saturated rings. The molecule has 0 aromatic heterocycles. The largest absolute Gasteiger partial charge is 0.469 e. The average molecular weight is 294 g/mol. The lowest BCUT2D eigenvalue weighted by atomic mass is 9.96. The topological polar surface area (TPSA) is 41.6 Å². The molecule has 1 heterocycles. The van der Waals surface area contributed by atoms with Gasteiger partial charge in [-0.2, -0.15) is 0 Å². The Balaban J connectivity index is 2.03. The van der Waals surface area contributed by atoms with Crippen molar-refractivity contribution in [2.24, 2.45) is 5.92 Å². The van der Waals surface area contributed by atoms with Crippen LogP contribution in [0.1, 0.15) is 25.3 Å². The lowest BCUT2D eigenvalue weighted by Crippen LogP contribution is -2.37. The zero-order valence-electron chi connectivity index (χ0n) is 12.7. The van der Waals surface area contributed by atoms with Gasteiger partial charge in [-0.3, -0.25) is 4.79 Å². The van der Waals surface area contributed by atoms with Crippen LogP contribution in [0.15, 0.2) is 18.2 Å². The van der Waals surface area contributed by atoms with Crippen molar-refractivity contribution < 1.29 is 13.9 Å². The third-order valence-electron chi connectivity index (χ3n) is 3.96. The van der Waals surface area contributed by atoms with E-state index < -0.39 is 0 Å². The number of halogens is 1. The number of carbonyl (C=O) groups is 1. The fraction of sp³-hybridized carbons (Fsp3) is 0.562. The first kappa shape index (κ1) is 15.8. The van der Waals surface area contributed by atoms with Crippen molar-refractivity contribution in [1.82, 2.24) is 5.32 Å². The van der Waals surface area contributed by atoms with Gasteiger partial charge in [0, 0.05) is 19.6 Å². The van der Waals surface area contributed by atoms with Crippen molar-refractivity contribution in [2.45, 2.75) is 26.3 Å². The summed E-state index contributed by atoms with van der Waals surface area (Å²) >= 11 is 0. The SMILES string of the molecule is CCNCc1ccc(F)c(N2CCC(C(=O)OC)CC2)c1. The zero-order valence-corrected chi connectivity index (χ0v) is 12.7. The quantitative estimate of drug-likeness (QED) is 0.846. The zero-order chi connectivity index (χ0) is 15.2. The standard InChI is InChI=1S/C16H23FN2O2/c1-3-18-11-12-4-5-14(17)15(10-12)19-8-6-13(7-9-19)16(20)21-2/h4-5,10,13,18H,3,6-9,11H2,1-2H3. The van der Waals surface area contributed by atoms with Crippen molar-refractivity contribution in [3.63, 3.8) is 0 Å². The Morgan fingerprint density at radius 3 is 2.76 bits per heavy atom. The number of hydrogen-bond donors (Lipinski definition) is 1. The van der Waals surface area contributed by atoms with Crippen LogP contribution in [-0.2, 0) is 16.1 Å². The Morgan fingerprint density at radius 1 is 1.43 bits per heavy atom. The van der Waals surface area contributed by atoms with Gasteiger partial charge in [-0.1, -0.05) is 13.0 Å². The van der Waals surface area contributed by atoms with Gasteiger partial charge in [0.05, 0.1) is 18.7 Å². The molecule has 4 nitrogen and oxygen atoms in total. The van der Waals surface area contributed by atoms with Crippen LogP contribution < -0.4 is 10.2 Å². The number of nitrogens with zero attached hydrogens (tertiary/aromatic N) is 1. The van der Waals surface area contributed by atoms with Gasteiger partial charge in [-0.15, -0.1) is 0 Å². The molecule has 0 spiro atoms. The van der Waals surface area contributed by atoms with E-state index in [1.165, 1.54) is 13.2 Å². The molecule has 21 heavy (non-hydrogen) atoms. The summed E-state index contributed by atoms with van der Waals surface area (Å²) in [6.07, 6.45) is 1.42. The molecule has 1 N–H and O–H groups in total. The van der Waals surface area contributed by atoms with E-state index in [1.807, 2.05) is 24.0 Å². The maximum atomic E-state index is 14.0. The molecule has 116 valence electrons. The minimum absolute atomic E-state index is 0.0562.